The van der Waals surface area contributed by atoms with Crippen LogP contribution >= 0.6 is 0 Å². The van der Waals surface area contributed by atoms with Crippen LogP contribution < -0.4 is 4.74 Å². The normalized spacial score (nSPS) is 24.3. The number of pyridine rings is 1. The Morgan fingerprint density at radius 3 is 2.62 bits per heavy atom. The van der Waals surface area contributed by atoms with Crippen LogP contribution in [0.15, 0.2) is 48.7 Å². The number of esters is 1. The molecule has 1 amide bonds. The molecule has 2 fully saturated rings. The number of ether oxygens (including phenoxy) is 2. The third-order valence-electron chi connectivity index (χ3n) is 5.77. The number of hydrogen-bond donors (Lipinski definition) is 0. The molecule has 2 saturated heterocycles. The molecule has 2 aliphatic heterocycles. The Hall–Kier alpha value is -2.93. The van der Waals surface area contributed by atoms with E-state index < -0.39 is 0 Å². The van der Waals surface area contributed by atoms with Gasteiger partial charge in [0.1, 0.15) is 0 Å². The van der Waals surface area contributed by atoms with Crippen LogP contribution in [0.3, 0.4) is 0 Å². The number of rotatable bonds is 5. The standard InChI is InChI=1S/C22H25N3O4/c1-28-19-9-8-15(11-23-19)12-24-13-17-10-18(22(27)29-2)21(25(17)20(26)14-24)16-6-4-3-5-7-16/h3-9,11,17-18,21H,10,12-14H2,1-2H3/t17-,18-,21-/m0/s1. The summed E-state index contributed by atoms with van der Waals surface area (Å²) in [7, 11) is 2.99. The van der Waals surface area contributed by atoms with Crippen LogP contribution in [0.25, 0.3) is 0 Å². The molecule has 4 rings (SSSR count). The molecule has 0 unspecified atom stereocenters. The summed E-state index contributed by atoms with van der Waals surface area (Å²) in [6.45, 7) is 1.67. The van der Waals surface area contributed by atoms with Gasteiger partial charge in [-0.3, -0.25) is 14.5 Å². The van der Waals surface area contributed by atoms with Gasteiger partial charge in [-0.15, -0.1) is 0 Å². The average molecular weight is 395 g/mol. The summed E-state index contributed by atoms with van der Waals surface area (Å²) in [5.41, 5.74) is 2.00. The van der Waals surface area contributed by atoms with Gasteiger partial charge < -0.3 is 14.4 Å². The van der Waals surface area contributed by atoms with Crippen LogP contribution in [0.4, 0.5) is 0 Å². The van der Waals surface area contributed by atoms with Crippen molar-refractivity contribution in [2.75, 3.05) is 27.3 Å². The van der Waals surface area contributed by atoms with Crippen LogP contribution in [-0.2, 0) is 20.9 Å². The van der Waals surface area contributed by atoms with Crippen LogP contribution in [-0.4, -0.2) is 60.0 Å². The molecule has 29 heavy (non-hydrogen) atoms. The number of amides is 1. The SMILES string of the molecule is COC(=O)[C@H]1C[C@H]2CN(Cc3ccc(OC)nc3)CC(=O)N2[C@H]1c1ccccc1. The second-order valence-electron chi connectivity index (χ2n) is 7.55. The summed E-state index contributed by atoms with van der Waals surface area (Å²) >= 11 is 0. The Morgan fingerprint density at radius 1 is 1.17 bits per heavy atom. The van der Waals surface area contributed by atoms with Crippen molar-refractivity contribution in [2.24, 2.45) is 5.92 Å². The van der Waals surface area contributed by atoms with E-state index in [-0.39, 0.29) is 29.9 Å². The van der Waals surface area contributed by atoms with Crippen LogP contribution in [0, 0.1) is 5.92 Å². The van der Waals surface area contributed by atoms with Crippen molar-refractivity contribution in [1.82, 2.24) is 14.8 Å². The molecule has 152 valence electrons. The van der Waals surface area contributed by atoms with E-state index in [1.54, 1.807) is 13.3 Å². The van der Waals surface area contributed by atoms with E-state index in [9.17, 15) is 9.59 Å². The van der Waals surface area contributed by atoms with Crippen LogP contribution in [0.1, 0.15) is 23.6 Å². The topological polar surface area (TPSA) is 72.0 Å². The monoisotopic (exact) mass is 395 g/mol. The molecule has 3 heterocycles. The lowest BCUT2D eigenvalue weighted by atomic mass is 9.93. The highest BCUT2D eigenvalue weighted by molar-refractivity contribution is 5.83. The second-order valence-corrected chi connectivity index (χ2v) is 7.55. The Labute approximate surface area is 170 Å². The zero-order valence-corrected chi connectivity index (χ0v) is 16.7. The van der Waals surface area contributed by atoms with Crippen molar-refractivity contribution in [2.45, 2.75) is 25.0 Å². The van der Waals surface area contributed by atoms with Gasteiger partial charge in [-0.1, -0.05) is 36.4 Å². The van der Waals surface area contributed by atoms with Crippen molar-refractivity contribution in [3.8, 4) is 5.88 Å². The quantitative estimate of drug-likeness (QED) is 0.722. The number of carbonyl (C=O) groups excluding carboxylic acids is 2. The summed E-state index contributed by atoms with van der Waals surface area (Å²) in [6, 6.07) is 13.3. The van der Waals surface area contributed by atoms with Gasteiger partial charge in [0.15, 0.2) is 0 Å². The van der Waals surface area contributed by atoms with Gasteiger partial charge in [0.05, 0.1) is 32.7 Å². The molecule has 0 bridgehead atoms. The van der Waals surface area contributed by atoms with Crippen molar-refractivity contribution in [1.29, 1.82) is 0 Å². The molecule has 7 nitrogen and oxygen atoms in total. The number of methoxy groups -OCH3 is 2. The first kappa shape index (κ1) is 19.4. The molecule has 1 aromatic heterocycles. The summed E-state index contributed by atoms with van der Waals surface area (Å²) < 4.78 is 10.2. The molecule has 3 atom stereocenters. The Morgan fingerprint density at radius 2 is 1.97 bits per heavy atom. The summed E-state index contributed by atoms with van der Waals surface area (Å²) in [5, 5.41) is 0. The highest BCUT2D eigenvalue weighted by Crippen LogP contribution is 2.43. The van der Waals surface area contributed by atoms with E-state index in [0.717, 1.165) is 11.1 Å². The highest BCUT2D eigenvalue weighted by atomic mass is 16.5. The van der Waals surface area contributed by atoms with E-state index in [1.165, 1.54) is 7.11 Å². The summed E-state index contributed by atoms with van der Waals surface area (Å²) in [4.78, 5) is 33.9. The molecule has 7 heteroatoms. The minimum absolute atomic E-state index is 0.0169. The third-order valence-corrected chi connectivity index (χ3v) is 5.77. The average Bonchev–Trinajstić information content (AvgIpc) is 3.14. The first-order chi connectivity index (χ1) is 14.1. The highest BCUT2D eigenvalue weighted by Gasteiger charge is 2.50. The molecule has 2 aromatic rings. The minimum atomic E-state index is -0.348. The maximum atomic E-state index is 13.1. The predicted octanol–water partition coefficient (Wildman–Crippen LogP) is 2.04. The lowest BCUT2D eigenvalue weighted by Gasteiger charge is -2.40. The van der Waals surface area contributed by atoms with Gasteiger partial charge in [-0.25, -0.2) is 4.98 Å². The van der Waals surface area contributed by atoms with Crippen LogP contribution in [0.2, 0.25) is 0 Å². The number of carbonyl (C=O) groups is 2. The van der Waals surface area contributed by atoms with Gasteiger partial charge in [-0.2, -0.15) is 0 Å². The van der Waals surface area contributed by atoms with Crippen LogP contribution in [0.5, 0.6) is 5.88 Å². The maximum absolute atomic E-state index is 13.1. The molecule has 0 aliphatic carbocycles. The first-order valence-electron chi connectivity index (χ1n) is 9.76. The van der Waals surface area contributed by atoms with E-state index in [4.69, 9.17) is 9.47 Å². The predicted molar refractivity (Wildman–Crippen MR) is 106 cm³/mol. The first-order valence-corrected chi connectivity index (χ1v) is 9.76. The molecule has 0 spiro atoms. The number of benzene rings is 1. The number of fused-ring (bicyclic) bond motifs is 1. The molecular formula is C22H25N3O4. The van der Waals surface area contributed by atoms with E-state index in [0.29, 0.717) is 31.9 Å². The lowest BCUT2D eigenvalue weighted by Crippen LogP contribution is -2.53. The zero-order valence-electron chi connectivity index (χ0n) is 16.7. The number of hydrogen-bond acceptors (Lipinski definition) is 6. The zero-order chi connectivity index (χ0) is 20.4. The smallest absolute Gasteiger partial charge is 0.311 e. The van der Waals surface area contributed by atoms with Gasteiger partial charge in [0.25, 0.3) is 0 Å². The molecule has 2 aliphatic rings. The van der Waals surface area contributed by atoms with Gasteiger partial charge in [-0.05, 0) is 17.5 Å². The van der Waals surface area contributed by atoms with Crippen molar-refractivity contribution in [3.05, 3.63) is 59.8 Å². The lowest BCUT2D eigenvalue weighted by molar-refractivity contribution is -0.147. The fourth-order valence-electron chi connectivity index (χ4n) is 4.54. The Kier molecular flexibility index (Phi) is 5.49. The van der Waals surface area contributed by atoms with Crippen molar-refractivity contribution >= 4 is 11.9 Å². The van der Waals surface area contributed by atoms with Gasteiger partial charge in [0.2, 0.25) is 11.8 Å². The summed E-state index contributed by atoms with van der Waals surface area (Å²) in [6.07, 6.45) is 2.38. The van der Waals surface area contributed by atoms with Crippen molar-refractivity contribution in [3.63, 3.8) is 0 Å². The van der Waals surface area contributed by atoms with E-state index >= 15 is 0 Å². The molecule has 0 radical (unpaired) electrons. The number of nitrogens with zero attached hydrogens (tertiary/aromatic N) is 3. The Balaban J connectivity index is 1.54. The maximum Gasteiger partial charge on any atom is 0.311 e. The number of aromatic nitrogens is 1. The van der Waals surface area contributed by atoms with E-state index in [1.807, 2.05) is 47.4 Å². The van der Waals surface area contributed by atoms with Gasteiger partial charge >= 0.3 is 5.97 Å². The fraction of sp³-hybridized carbons (Fsp3) is 0.409. The number of piperazine rings is 1. The molecule has 1 aromatic carbocycles. The van der Waals surface area contributed by atoms with E-state index in [2.05, 4.69) is 9.88 Å². The minimum Gasteiger partial charge on any atom is -0.481 e. The summed E-state index contributed by atoms with van der Waals surface area (Å²) in [5.74, 6) is 0.00551. The van der Waals surface area contributed by atoms with Gasteiger partial charge in [0, 0.05) is 31.4 Å². The molecule has 0 saturated carbocycles. The Bertz CT molecular complexity index is 871. The second kappa shape index (κ2) is 8.21. The molecule has 0 N–H and O–H groups in total. The molecular weight excluding hydrogens is 370 g/mol. The largest absolute Gasteiger partial charge is 0.481 e. The third kappa shape index (κ3) is 3.82. The van der Waals surface area contributed by atoms with Crippen molar-refractivity contribution < 1.29 is 19.1 Å². The fourth-order valence-corrected chi connectivity index (χ4v) is 4.54.